The molecule has 1 amide bonds. The fourth-order valence-electron chi connectivity index (χ4n) is 2.06. The number of aryl methyl sites for hydroxylation is 1. The van der Waals surface area contributed by atoms with Gasteiger partial charge in [-0.3, -0.25) is 4.79 Å². The second kappa shape index (κ2) is 6.02. The summed E-state index contributed by atoms with van der Waals surface area (Å²) in [6.45, 7) is 3.15. The SMILES string of the molecule is CC1NCCCC1NC(=O)c1cncn1C.Cl. The Bertz CT molecular complexity index is 379. The van der Waals surface area contributed by atoms with Gasteiger partial charge in [0, 0.05) is 19.1 Å². The summed E-state index contributed by atoms with van der Waals surface area (Å²) in [5, 5.41) is 6.41. The van der Waals surface area contributed by atoms with Crippen molar-refractivity contribution in [2.75, 3.05) is 6.54 Å². The van der Waals surface area contributed by atoms with Crippen molar-refractivity contribution in [2.24, 2.45) is 7.05 Å². The van der Waals surface area contributed by atoms with Crippen LogP contribution in [0.5, 0.6) is 0 Å². The van der Waals surface area contributed by atoms with Crippen molar-refractivity contribution >= 4 is 18.3 Å². The number of piperidine rings is 1. The molecule has 6 heteroatoms. The van der Waals surface area contributed by atoms with E-state index in [1.807, 2.05) is 7.05 Å². The molecule has 2 atom stereocenters. The molecule has 0 saturated carbocycles. The van der Waals surface area contributed by atoms with Gasteiger partial charge in [-0.05, 0) is 26.3 Å². The molecule has 17 heavy (non-hydrogen) atoms. The van der Waals surface area contributed by atoms with Crippen molar-refractivity contribution < 1.29 is 4.79 Å². The van der Waals surface area contributed by atoms with E-state index in [1.165, 1.54) is 0 Å². The molecule has 1 aliphatic heterocycles. The zero-order valence-corrected chi connectivity index (χ0v) is 11.0. The van der Waals surface area contributed by atoms with Crippen LogP contribution < -0.4 is 10.6 Å². The van der Waals surface area contributed by atoms with Crippen molar-refractivity contribution in [3.05, 3.63) is 18.2 Å². The van der Waals surface area contributed by atoms with E-state index in [4.69, 9.17) is 0 Å². The van der Waals surface area contributed by atoms with E-state index in [9.17, 15) is 4.79 Å². The van der Waals surface area contributed by atoms with Gasteiger partial charge in [0.1, 0.15) is 5.69 Å². The second-order valence-electron chi connectivity index (χ2n) is 4.35. The summed E-state index contributed by atoms with van der Waals surface area (Å²) in [7, 11) is 1.82. The van der Waals surface area contributed by atoms with Crippen molar-refractivity contribution in [3.63, 3.8) is 0 Å². The third-order valence-electron chi connectivity index (χ3n) is 3.13. The standard InChI is InChI=1S/C11H18N4O.ClH/c1-8-9(4-3-5-13-8)14-11(16)10-6-12-7-15(10)2;/h6-9,13H,3-5H2,1-2H3,(H,14,16);1H. The lowest BCUT2D eigenvalue weighted by atomic mass is 10.00. The van der Waals surface area contributed by atoms with Gasteiger partial charge in [0.2, 0.25) is 0 Å². The number of carbonyl (C=O) groups is 1. The number of hydrogen-bond acceptors (Lipinski definition) is 3. The van der Waals surface area contributed by atoms with E-state index in [0.29, 0.717) is 11.7 Å². The van der Waals surface area contributed by atoms with Gasteiger partial charge in [-0.1, -0.05) is 0 Å². The highest BCUT2D eigenvalue weighted by Gasteiger charge is 2.23. The predicted molar refractivity (Wildman–Crippen MR) is 68.4 cm³/mol. The second-order valence-corrected chi connectivity index (χ2v) is 4.35. The molecule has 2 unspecified atom stereocenters. The van der Waals surface area contributed by atoms with Crippen LogP contribution in [0.1, 0.15) is 30.3 Å². The number of nitrogens with one attached hydrogen (secondary N) is 2. The number of halogens is 1. The van der Waals surface area contributed by atoms with E-state index in [1.54, 1.807) is 17.1 Å². The van der Waals surface area contributed by atoms with Crippen molar-refractivity contribution in [3.8, 4) is 0 Å². The first-order valence-electron chi connectivity index (χ1n) is 5.69. The number of amides is 1. The molecule has 2 rings (SSSR count). The molecule has 1 saturated heterocycles. The zero-order valence-electron chi connectivity index (χ0n) is 10.1. The van der Waals surface area contributed by atoms with Gasteiger partial charge in [-0.2, -0.15) is 0 Å². The molecule has 0 bridgehead atoms. The molecular formula is C11H19ClN4O. The zero-order chi connectivity index (χ0) is 11.5. The maximum atomic E-state index is 11.9. The minimum atomic E-state index is -0.0412. The van der Waals surface area contributed by atoms with Crippen LogP contribution in [0.25, 0.3) is 0 Å². The number of rotatable bonds is 2. The Kier molecular flexibility index (Phi) is 4.96. The van der Waals surface area contributed by atoms with Gasteiger partial charge < -0.3 is 15.2 Å². The van der Waals surface area contributed by atoms with Gasteiger partial charge in [-0.15, -0.1) is 12.4 Å². The molecule has 1 aromatic heterocycles. The first kappa shape index (κ1) is 14.0. The Morgan fingerprint density at radius 1 is 1.65 bits per heavy atom. The minimum Gasteiger partial charge on any atom is -0.346 e. The van der Waals surface area contributed by atoms with Gasteiger partial charge in [-0.25, -0.2) is 4.98 Å². The summed E-state index contributed by atoms with van der Waals surface area (Å²) in [5.41, 5.74) is 0.609. The van der Waals surface area contributed by atoms with Crippen LogP contribution in [0.2, 0.25) is 0 Å². The smallest absolute Gasteiger partial charge is 0.269 e. The molecule has 96 valence electrons. The quantitative estimate of drug-likeness (QED) is 0.822. The molecule has 1 fully saturated rings. The molecule has 1 aliphatic rings. The van der Waals surface area contributed by atoms with Crippen molar-refractivity contribution in [1.29, 1.82) is 0 Å². The number of carbonyl (C=O) groups excluding carboxylic acids is 1. The summed E-state index contributed by atoms with van der Waals surface area (Å²) in [6, 6.07) is 0.557. The van der Waals surface area contributed by atoms with E-state index in [-0.39, 0.29) is 24.4 Å². The Hall–Kier alpha value is -1.07. The highest BCUT2D eigenvalue weighted by molar-refractivity contribution is 5.92. The monoisotopic (exact) mass is 258 g/mol. The molecule has 2 heterocycles. The highest BCUT2D eigenvalue weighted by atomic mass is 35.5. The van der Waals surface area contributed by atoms with Gasteiger partial charge in [0.05, 0.1) is 12.5 Å². The summed E-state index contributed by atoms with van der Waals surface area (Å²) in [4.78, 5) is 15.9. The third-order valence-corrected chi connectivity index (χ3v) is 3.13. The molecule has 0 aliphatic carbocycles. The van der Waals surface area contributed by atoms with Crippen LogP contribution in [0.4, 0.5) is 0 Å². The number of hydrogen-bond donors (Lipinski definition) is 2. The number of aromatic nitrogens is 2. The van der Waals surface area contributed by atoms with Crippen LogP contribution in [0.15, 0.2) is 12.5 Å². The van der Waals surface area contributed by atoms with Crippen LogP contribution in [-0.2, 0) is 7.05 Å². The summed E-state index contributed by atoms with van der Waals surface area (Å²) >= 11 is 0. The van der Waals surface area contributed by atoms with E-state index >= 15 is 0 Å². The lowest BCUT2D eigenvalue weighted by molar-refractivity contribution is 0.0911. The topological polar surface area (TPSA) is 58.9 Å². The fourth-order valence-corrected chi connectivity index (χ4v) is 2.06. The van der Waals surface area contributed by atoms with Gasteiger partial charge in [0.15, 0.2) is 0 Å². The van der Waals surface area contributed by atoms with E-state index < -0.39 is 0 Å². The van der Waals surface area contributed by atoms with E-state index in [2.05, 4.69) is 22.5 Å². The normalized spacial score (nSPS) is 23.9. The average Bonchev–Trinajstić information content (AvgIpc) is 2.68. The lowest BCUT2D eigenvalue weighted by Crippen LogP contribution is -2.52. The molecule has 5 nitrogen and oxygen atoms in total. The van der Waals surface area contributed by atoms with Crippen molar-refractivity contribution in [1.82, 2.24) is 20.2 Å². The minimum absolute atomic E-state index is 0. The van der Waals surface area contributed by atoms with Crippen LogP contribution >= 0.6 is 12.4 Å². The van der Waals surface area contributed by atoms with Gasteiger partial charge >= 0.3 is 0 Å². The fraction of sp³-hybridized carbons (Fsp3) is 0.636. The largest absolute Gasteiger partial charge is 0.346 e. The number of imidazole rings is 1. The first-order chi connectivity index (χ1) is 7.68. The Balaban J connectivity index is 0.00000144. The number of nitrogens with zero attached hydrogens (tertiary/aromatic N) is 2. The average molecular weight is 259 g/mol. The van der Waals surface area contributed by atoms with Crippen LogP contribution in [0.3, 0.4) is 0 Å². The van der Waals surface area contributed by atoms with Crippen LogP contribution in [0, 0.1) is 0 Å². The lowest BCUT2D eigenvalue weighted by Gasteiger charge is -2.30. The Morgan fingerprint density at radius 3 is 3.00 bits per heavy atom. The maximum absolute atomic E-state index is 11.9. The Labute approximate surface area is 107 Å². The van der Waals surface area contributed by atoms with Crippen molar-refractivity contribution in [2.45, 2.75) is 31.8 Å². The van der Waals surface area contributed by atoms with Gasteiger partial charge in [0.25, 0.3) is 5.91 Å². The summed E-state index contributed by atoms with van der Waals surface area (Å²) in [5.74, 6) is -0.0412. The summed E-state index contributed by atoms with van der Waals surface area (Å²) < 4.78 is 1.73. The summed E-state index contributed by atoms with van der Waals surface area (Å²) in [6.07, 6.45) is 5.38. The molecule has 0 spiro atoms. The predicted octanol–water partition coefficient (Wildman–Crippen LogP) is 0.712. The first-order valence-corrected chi connectivity index (χ1v) is 5.69. The molecule has 0 aromatic carbocycles. The third kappa shape index (κ3) is 3.20. The highest BCUT2D eigenvalue weighted by Crippen LogP contribution is 2.09. The molecular weight excluding hydrogens is 240 g/mol. The Morgan fingerprint density at radius 2 is 2.41 bits per heavy atom. The van der Waals surface area contributed by atoms with E-state index in [0.717, 1.165) is 19.4 Å². The molecule has 2 N–H and O–H groups in total. The molecule has 1 aromatic rings. The maximum Gasteiger partial charge on any atom is 0.269 e. The van der Waals surface area contributed by atoms with Crippen LogP contribution in [-0.4, -0.2) is 34.1 Å². The molecule has 0 radical (unpaired) electrons.